The van der Waals surface area contributed by atoms with Crippen LogP contribution in [0.4, 0.5) is 0 Å². The van der Waals surface area contributed by atoms with Crippen molar-refractivity contribution in [3.8, 4) is 0 Å². The minimum atomic E-state index is -2.47. The fraction of sp³-hybridized carbons (Fsp3) is 0.333. The van der Waals surface area contributed by atoms with Crippen LogP contribution in [0, 0.1) is 0 Å². The number of ketones is 1. The lowest BCUT2D eigenvalue weighted by atomic mass is 10.1. The molecular formula is C12H17N2O5S-. The zero-order valence-corrected chi connectivity index (χ0v) is 12.5. The van der Waals surface area contributed by atoms with Gasteiger partial charge in [-0.2, -0.15) is 0 Å². The van der Waals surface area contributed by atoms with Gasteiger partial charge in [-0.05, 0) is 36.2 Å². The zero-order chi connectivity index (χ0) is 15.9. The van der Waals surface area contributed by atoms with Gasteiger partial charge < -0.3 is 14.7 Å². The molecule has 1 unspecified atom stereocenters. The van der Waals surface area contributed by atoms with Crippen LogP contribution in [0.1, 0.15) is 27.6 Å². The Hall–Kier alpha value is -1.61. The SMILES string of the molecule is CC(=O)c1cc(C(=O)N(C)C)cc(S(=O)[O-])c1.CNO. The van der Waals surface area contributed by atoms with Crippen LogP contribution < -0.4 is 5.48 Å². The Morgan fingerprint density at radius 2 is 1.70 bits per heavy atom. The van der Waals surface area contributed by atoms with Gasteiger partial charge in [-0.25, -0.2) is 5.48 Å². The normalized spacial score (nSPS) is 11.1. The minimum absolute atomic E-state index is 0.0668. The van der Waals surface area contributed by atoms with E-state index in [0.29, 0.717) is 0 Å². The van der Waals surface area contributed by atoms with E-state index in [2.05, 4.69) is 0 Å². The second-order valence-electron chi connectivity index (χ2n) is 3.96. The van der Waals surface area contributed by atoms with Gasteiger partial charge in [0, 0.05) is 37.2 Å². The lowest BCUT2D eigenvalue weighted by Gasteiger charge is -2.13. The van der Waals surface area contributed by atoms with Crippen LogP contribution in [0.5, 0.6) is 0 Å². The fourth-order valence-electron chi connectivity index (χ4n) is 1.28. The average molecular weight is 301 g/mol. The summed E-state index contributed by atoms with van der Waals surface area (Å²) in [6.07, 6.45) is 0. The Bertz CT molecular complexity index is 484. The van der Waals surface area contributed by atoms with E-state index in [9.17, 15) is 18.4 Å². The fourth-order valence-corrected chi connectivity index (χ4v) is 1.73. The summed E-state index contributed by atoms with van der Waals surface area (Å²) < 4.78 is 21.8. The number of hydrogen-bond donors (Lipinski definition) is 2. The molecule has 0 radical (unpaired) electrons. The number of carbonyl (C=O) groups excluding carboxylic acids is 2. The van der Waals surface area contributed by atoms with Gasteiger partial charge in [-0.3, -0.25) is 13.8 Å². The number of nitrogens with one attached hydrogen (secondary N) is 1. The van der Waals surface area contributed by atoms with E-state index in [1.54, 1.807) is 19.6 Å². The smallest absolute Gasteiger partial charge is 0.253 e. The largest absolute Gasteiger partial charge is 0.768 e. The molecule has 1 rings (SSSR count). The topological polar surface area (TPSA) is 110 Å². The van der Waals surface area contributed by atoms with E-state index in [1.165, 1.54) is 37.1 Å². The monoisotopic (exact) mass is 301 g/mol. The molecule has 0 aliphatic heterocycles. The predicted octanol–water partition coefficient (Wildman–Crippen LogP) is 0.424. The van der Waals surface area contributed by atoms with Crippen molar-refractivity contribution in [3.05, 3.63) is 29.3 Å². The molecular weight excluding hydrogens is 284 g/mol. The second kappa shape index (κ2) is 8.54. The summed E-state index contributed by atoms with van der Waals surface area (Å²) in [5.41, 5.74) is 2.14. The average Bonchev–Trinajstić information content (AvgIpc) is 2.37. The van der Waals surface area contributed by atoms with Crippen molar-refractivity contribution >= 4 is 22.8 Å². The molecule has 2 N–H and O–H groups in total. The highest BCUT2D eigenvalue weighted by Crippen LogP contribution is 2.15. The maximum Gasteiger partial charge on any atom is 0.253 e. The van der Waals surface area contributed by atoms with Gasteiger partial charge in [-0.1, -0.05) is 0 Å². The van der Waals surface area contributed by atoms with Crippen LogP contribution in [0.15, 0.2) is 23.1 Å². The van der Waals surface area contributed by atoms with Gasteiger partial charge in [0.1, 0.15) is 0 Å². The highest BCUT2D eigenvalue weighted by Gasteiger charge is 2.12. The van der Waals surface area contributed by atoms with Crippen LogP contribution in [-0.4, -0.2) is 51.7 Å². The Morgan fingerprint density at radius 1 is 1.25 bits per heavy atom. The molecule has 112 valence electrons. The highest BCUT2D eigenvalue weighted by atomic mass is 32.2. The molecule has 7 nitrogen and oxygen atoms in total. The van der Waals surface area contributed by atoms with Crippen molar-refractivity contribution in [2.24, 2.45) is 0 Å². The van der Waals surface area contributed by atoms with Crippen LogP contribution in [0.25, 0.3) is 0 Å². The van der Waals surface area contributed by atoms with E-state index in [0.717, 1.165) is 0 Å². The first-order valence-electron chi connectivity index (χ1n) is 5.52. The molecule has 0 saturated carbocycles. The molecule has 1 amide bonds. The minimum Gasteiger partial charge on any atom is -0.768 e. The third kappa shape index (κ3) is 5.57. The molecule has 0 aromatic heterocycles. The summed E-state index contributed by atoms with van der Waals surface area (Å²) in [7, 11) is 4.53. The zero-order valence-electron chi connectivity index (χ0n) is 11.7. The van der Waals surface area contributed by atoms with Crippen LogP contribution in [-0.2, 0) is 11.1 Å². The van der Waals surface area contributed by atoms with E-state index in [-0.39, 0.29) is 27.7 Å². The van der Waals surface area contributed by atoms with Crippen LogP contribution >= 0.6 is 0 Å². The first kappa shape index (κ1) is 18.4. The van der Waals surface area contributed by atoms with Crippen molar-refractivity contribution in [2.45, 2.75) is 11.8 Å². The quantitative estimate of drug-likeness (QED) is 0.476. The van der Waals surface area contributed by atoms with E-state index in [4.69, 9.17) is 5.21 Å². The summed E-state index contributed by atoms with van der Waals surface area (Å²) in [6.45, 7) is 1.32. The second-order valence-corrected chi connectivity index (χ2v) is 4.90. The summed E-state index contributed by atoms with van der Waals surface area (Å²) in [5.74, 6) is -0.634. The number of nitrogens with zero attached hydrogens (tertiary/aromatic N) is 1. The summed E-state index contributed by atoms with van der Waals surface area (Å²) in [5, 5.41) is 7.32. The molecule has 1 aromatic rings. The lowest BCUT2D eigenvalue weighted by molar-refractivity contribution is 0.0827. The van der Waals surface area contributed by atoms with E-state index in [1.807, 2.05) is 0 Å². The van der Waals surface area contributed by atoms with Gasteiger partial charge >= 0.3 is 0 Å². The van der Waals surface area contributed by atoms with Crippen molar-refractivity contribution in [2.75, 3.05) is 21.1 Å². The van der Waals surface area contributed by atoms with Gasteiger partial charge in [-0.15, -0.1) is 0 Å². The maximum atomic E-state index is 11.7. The number of hydrogen-bond acceptors (Lipinski definition) is 6. The van der Waals surface area contributed by atoms with Crippen molar-refractivity contribution in [3.63, 3.8) is 0 Å². The van der Waals surface area contributed by atoms with Gasteiger partial charge in [0.25, 0.3) is 5.91 Å². The summed E-state index contributed by atoms with van der Waals surface area (Å²) >= 11 is -2.47. The van der Waals surface area contributed by atoms with Crippen molar-refractivity contribution in [1.29, 1.82) is 0 Å². The third-order valence-electron chi connectivity index (χ3n) is 2.16. The van der Waals surface area contributed by atoms with Crippen molar-refractivity contribution in [1.82, 2.24) is 10.4 Å². The van der Waals surface area contributed by atoms with Crippen LogP contribution in [0.2, 0.25) is 0 Å². The Labute approximate surface area is 119 Å². The molecule has 1 aromatic carbocycles. The van der Waals surface area contributed by atoms with Crippen LogP contribution in [0.3, 0.4) is 0 Å². The summed E-state index contributed by atoms with van der Waals surface area (Å²) in [6, 6.07) is 3.89. The van der Waals surface area contributed by atoms with E-state index < -0.39 is 11.1 Å². The van der Waals surface area contributed by atoms with Gasteiger partial charge in [0.15, 0.2) is 5.78 Å². The molecule has 0 fully saturated rings. The molecule has 0 spiro atoms. The predicted molar refractivity (Wildman–Crippen MR) is 72.5 cm³/mol. The first-order valence-corrected chi connectivity index (χ1v) is 6.59. The Morgan fingerprint density at radius 3 is 2.05 bits per heavy atom. The standard InChI is InChI=1S/C11H13NO4S.CH5NO/c1-7(13)8-4-9(11(14)12(2)3)6-10(5-8)17(15)16;1-2-3/h4-6H,1-3H3,(H,15,16);2-3H,1H3/p-1. The number of benzene rings is 1. The maximum absolute atomic E-state index is 11.7. The van der Waals surface area contributed by atoms with Gasteiger partial charge in [0.05, 0.1) is 0 Å². The number of rotatable bonds is 3. The lowest BCUT2D eigenvalue weighted by Crippen LogP contribution is -2.22. The Balaban J connectivity index is 0.00000110. The molecule has 0 saturated heterocycles. The highest BCUT2D eigenvalue weighted by molar-refractivity contribution is 7.79. The molecule has 0 heterocycles. The number of hydroxylamine groups is 1. The number of Topliss-reactive ketones (excluding diaryl/α,β-unsaturated/α-hetero) is 1. The molecule has 0 aliphatic rings. The number of carbonyl (C=O) groups is 2. The molecule has 20 heavy (non-hydrogen) atoms. The molecule has 1 atom stereocenters. The van der Waals surface area contributed by atoms with Crippen molar-refractivity contribution < 1.29 is 23.6 Å². The number of amides is 1. The first-order chi connectivity index (χ1) is 9.24. The third-order valence-corrected chi connectivity index (χ3v) is 2.78. The molecule has 0 bridgehead atoms. The molecule has 0 aliphatic carbocycles. The summed E-state index contributed by atoms with van der Waals surface area (Å²) in [4.78, 5) is 24.2. The van der Waals surface area contributed by atoms with E-state index >= 15 is 0 Å². The molecule has 8 heteroatoms. The Kier molecular flexibility index (Phi) is 7.85. The van der Waals surface area contributed by atoms with Gasteiger partial charge in [0.2, 0.25) is 0 Å².